The third-order valence-electron chi connectivity index (χ3n) is 4.14. The molecule has 0 aliphatic heterocycles. The second kappa shape index (κ2) is 8.84. The number of aromatic nitrogens is 3. The summed E-state index contributed by atoms with van der Waals surface area (Å²) in [6.45, 7) is 6.43. The van der Waals surface area contributed by atoms with Crippen LogP contribution < -0.4 is 10.1 Å². The molecule has 1 aromatic heterocycles. The lowest BCUT2D eigenvalue weighted by Gasteiger charge is -2.11. The van der Waals surface area contributed by atoms with E-state index >= 15 is 0 Å². The number of ether oxygens (including phenoxy) is 1. The van der Waals surface area contributed by atoms with E-state index in [0.717, 1.165) is 22.8 Å². The van der Waals surface area contributed by atoms with E-state index in [1.807, 2.05) is 73.9 Å². The third kappa shape index (κ3) is 5.07. The normalized spacial score (nSPS) is 10.9. The fraction of sp³-hybridized carbons (Fsp3) is 0.286. The van der Waals surface area contributed by atoms with E-state index in [1.54, 1.807) is 0 Å². The van der Waals surface area contributed by atoms with Crippen molar-refractivity contribution >= 4 is 23.8 Å². The Labute approximate surface area is 169 Å². The van der Waals surface area contributed by atoms with Gasteiger partial charge in [0.2, 0.25) is 5.91 Å². The van der Waals surface area contributed by atoms with Crippen molar-refractivity contribution in [1.29, 1.82) is 0 Å². The maximum absolute atomic E-state index is 12.4. The minimum atomic E-state index is -0.0875. The molecule has 0 saturated heterocycles. The number of hydrogen-bond acceptors (Lipinski definition) is 4. The van der Waals surface area contributed by atoms with Crippen molar-refractivity contribution in [2.45, 2.75) is 39.8 Å². The van der Waals surface area contributed by atoms with E-state index in [0.29, 0.717) is 11.3 Å². The summed E-state index contributed by atoms with van der Waals surface area (Å²) in [7, 11) is 0. The van der Waals surface area contributed by atoms with Crippen LogP contribution in [0.1, 0.15) is 25.8 Å². The van der Waals surface area contributed by atoms with Gasteiger partial charge >= 0.3 is 0 Å². The summed E-state index contributed by atoms with van der Waals surface area (Å²) in [6, 6.07) is 15.4. The minimum absolute atomic E-state index is 0.0875. The van der Waals surface area contributed by atoms with Crippen molar-refractivity contribution in [2.24, 2.45) is 0 Å². The van der Waals surface area contributed by atoms with Crippen LogP contribution in [-0.4, -0.2) is 26.8 Å². The summed E-state index contributed by atoms with van der Waals surface area (Å²) in [5.74, 6) is 1.42. The van der Waals surface area contributed by atoms with Crippen LogP contribution >= 0.6 is 12.2 Å². The lowest BCUT2D eigenvalue weighted by Crippen LogP contribution is -2.15. The van der Waals surface area contributed by atoms with Crippen LogP contribution in [0.4, 0.5) is 5.69 Å². The molecule has 0 spiro atoms. The second-order valence-corrected chi connectivity index (χ2v) is 7.25. The highest BCUT2D eigenvalue weighted by Gasteiger charge is 2.11. The van der Waals surface area contributed by atoms with E-state index in [2.05, 4.69) is 15.5 Å². The van der Waals surface area contributed by atoms with Gasteiger partial charge in [-0.3, -0.25) is 14.5 Å². The number of nitrogens with one attached hydrogen (secondary N) is 2. The van der Waals surface area contributed by atoms with E-state index in [4.69, 9.17) is 17.0 Å². The number of nitrogens with zero attached hydrogens (tertiary/aromatic N) is 2. The first-order valence-electron chi connectivity index (χ1n) is 9.21. The number of hydrogen-bond donors (Lipinski definition) is 2. The molecule has 146 valence electrons. The van der Waals surface area contributed by atoms with Crippen LogP contribution in [0.25, 0.3) is 11.4 Å². The van der Waals surface area contributed by atoms with Crippen molar-refractivity contribution in [3.8, 4) is 17.1 Å². The molecule has 2 N–H and O–H groups in total. The average Bonchev–Trinajstić information content (AvgIpc) is 3.02. The highest BCUT2D eigenvalue weighted by atomic mass is 32.1. The number of rotatable bonds is 7. The molecule has 0 unspecified atom stereocenters. The lowest BCUT2D eigenvalue weighted by molar-refractivity contribution is -0.116. The number of aromatic amines is 1. The molecule has 1 amide bonds. The summed E-state index contributed by atoms with van der Waals surface area (Å²) < 4.78 is 7.95. The highest BCUT2D eigenvalue weighted by Crippen LogP contribution is 2.19. The van der Waals surface area contributed by atoms with Gasteiger partial charge in [-0.2, -0.15) is 5.10 Å². The maximum Gasteiger partial charge on any atom is 0.226 e. The van der Waals surface area contributed by atoms with Gasteiger partial charge in [0.25, 0.3) is 0 Å². The Morgan fingerprint density at radius 2 is 1.86 bits per heavy atom. The molecule has 7 heteroatoms. The molecule has 0 radical (unpaired) electrons. The predicted molar refractivity (Wildman–Crippen MR) is 113 cm³/mol. The Morgan fingerprint density at radius 1 is 1.18 bits per heavy atom. The molecular formula is C21H24N4O2S. The molecular weight excluding hydrogens is 372 g/mol. The largest absolute Gasteiger partial charge is 0.491 e. The van der Waals surface area contributed by atoms with Gasteiger partial charge in [0, 0.05) is 24.2 Å². The molecule has 0 aliphatic carbocycles. The van der Waals surface area contributed by atoms with Crippen LogP contribution in [0.15, 0.2) is 48.5 Å². The number of H-pyrrole nitrogens is 1. The van der Waals surface area contributed by atoms with Gasteiger partial charge in [0.05, 0.1) is 6.10 Å². The average molecular weight is 397 g/mol. The molecule has 0 saturated carbocycles. The molecule has 6 nitrogen and oxygen atoms in total. The van der Waals surface area contributed by atoms with Crippen LogP contribution in [0.3, 0.4) is 0 Å². The highest BCUT2D eigenvalue weighted by molar-refractivity contribution is 7.71. The Hall–Kier alpha value is -2.93. The van der Waals surface area contributed by atoms with Gasteiger partial charge in [-0.1, -0.05) is 29.8 Å². The Morgan fingerprint density at radius 3 is 2.50 bits per heavy atom. The zero-order valence-corrected chi connectivity index (χ0v) is 17.0. The van der Waals surface area contributed by atoms with Crippen molar-refractivity contribution in [3.05, 3.63) is 58.9 Å². The predicted octanol–water partition coefficient (Wildman–Crippen LogP) is 4.73. The molecule has 3 rings (SSSR count). The summed E-state index contributed by atoms with van der Waals surface area (Å²) in [4.78, 5) is 12.4. The lowest BCUT2D eigenvalue weighted by atomic mass is 10.1. The number of aryl methyl sites for hydroxylation is 1. The first-order valence-corrected chi connectivity index (χ1v) is 9.62. The summed E-state index contributed by atoms with van der Waals surface area (Å²) >= 11 is 5.33. The second-order valence-electron chi connectivity index (χ2n) is 6.86. The zero-order chi connectivity index (χ0) is 20.1. The Kier molecular flexibility index (Phi) is 6.26. The summed E-state index contributed by atoms with van der Waals surface area (Å²) in [5, 5.41) is 10.0. The van der Waals surface area contributed by atoms with Crippen molar-refractivity contribution in [2.75, 3.05) is 5.32 Å². The van der Waals surface area contributed by atoms with Crippen molar-refractivity contribution < 1.29 is 9.53 Å². The number of carbonyl (C=O) groups is 1. The fourth-order valence-electron chi connectivity index (χ4n) is 2.77. The van der Waals surface area contributed by atoms with E-state index in [9.17, 15) is 4.79 Å². The smallest absolute Gasteiger partial charge is 0.226 e. The first kappa shape index (κ1) is 19.8. The van der Waals surface area contributed by atoms with Gasteiger partial charge in [0.15, 0.2) is 10.6 Å². The monoisotopic (exact) mass is 396 g/mol. The minimum Gasteiger partial charge on any atom is -0.491 e. The molecule has 0 aliphatic rings. The summed E-state index contributed by atoms with van der Waals surface area (Å²) in [6.07, 6.45) is 0.402. The molecule has 0 bridgehead atoms. The fourth-order valence-corrected chi connectivity index (χ4v) is 3.00. The summed E-state index contributed by atoms with van der Waals surface area (Å²) in [5.41, 5.74) is 2.86. The Bertz CT molecular complexity index is 988. The maximum atomic E-state index is 12.4. The van der Waals surface area contributed by atoms with Crippen LogP contribution in [0.5, 0.6) is 5.75 Å². The SMILES string of the molecule is Cc1ccc(-c2n[nH]c(=S)n2CCC(=O)Nc2ccc(OC(C)C)cc2)cc1. The molecule has 0 atom stereocenters. The third-order valence-corrected chi connectivity index (χ3v) is 4.45. The number of anilines is 1. The Balaban J connectivity index is 1.63. The van der Waals surface area contributed by atoms with Crippen molar-refractivity contribution in [3.63, 3.8) is 0 Å². The van der Waals surface area contributed by atoms with E-state index in [1.165, 1.54) is 5.56 Å². The molecule has 0 fully saturated rings. The van der Waals surface area contributed by atoms with Gasteiger partial charge in [-0.25, -0.2) is 0 Å². The van der Waals surface area contributed by atoms with Crippen molar-refractivity contribution in [1.82, 2.24) is 14.8 Å². The molecule has 2 aromatic carbocycles. The van der Waals surface area contributed by atoms with E-state index < -0.39 is 0 Å². The van der Waals surface area contributed by atoms with Gasteiger partial charge in [0.1, 0.15) is 5.75 Å². The van der Waals surface area contributed by atoms with Gasteiger partial charge in [-0.15, -0.1) is 0 Å². The zero-order valence-electron chi connectivity index (χ0n) is 16.2. The van der Waals surface area contributed by atoms with Crippen LogP contribution in [0, 0.1) is 11.7 Å². The van der Waals surface area contributed by atoms with Crippen LogP contribution in [0.2, 0.25) is 0 Å². The molecule has 28 heavy (non-hydrogen) atoms. The van der Waals surface area contributed by atoms with Crippen LogP contribution in [-0.2, 0) is 11.3 Å². The number of amides is 1. The topological polar surface area (TPSA) is 71.9 Å². The molecule has 3 aromatic rings. The van der Waals surface area contributed by atoms with Gasteiger partial charge in [-0.05, 0) is 57.3 Å². The van der Waals surface area contributed by atoms with Gasteiger partial charge < -0.3 is 10.1 Å². The number of carbonyl (C=O) groups excluding carboxylic acids is 1. The first-order chi connectivity index (χ1) is 13.4. The molecule has 1 heterocycles. The number of benzene rings is 2. The quantitative estimate of drug-likeness (QED) is 0.566. The standard InChI is InChI=1S/C21H24N4O2S/c1-14(2)27-18-10-8-17(9-11-18)22-19(26)12-13-25-20(23-24-21(25)28)16-6-4-15(3)5-7-16/h4-11,14H,12-13H2,1-3H3,(H,22,26)(H,24,28). The van der Waals surface area contributed by atoms with E-state index in [-0.39, 0.29) is 18.4 Å².